The highest BCUT2D eigenvalue weighted by atomic mass is 16.5. The largest absolute Gasteiger partial charge is 0.445 e. The van der Waals surface area contributed by atoms with Gasteiger partial charge in [0.15, 0.2) is 6.10 Å². The summed E-state index contributed by atoms with van der Waals surface area (Å²) in [5.74, 6) is -0.862. The van der Waals surface area contributed by atoms with Crippen molar-refractivity contribution in [2.75, 3.05) is 0 Å². The van der Waals surface area contributed by atoms with Gasteiger partial charge in [-0.05, 0) is 25.1 Å². The van der Waals surface area contributed by atoms with Crippen molar-refractivity contribution in [3.05, 3.63) is 95.6 Å². The zero-order valence-electron chi connectivity index (χ0n) is 15.9. The Kier molecular flexibility index (Phi) is 5.16. The van der Waals surface area contributed by atoms with E-state index in [9.17, 15) is 9.59 Å². The van der Waals surface area contributed by atoms with E-state index >= 15 is 0 Å². The number of Topliss-reactive ketones (excluding diaryl/α,β-unsaturated/α-hetero) is 1. The number of carbonyl (C=O) groups excluding carboxylic acids is 2. The summed E-state index contributed by atoms with van der Waals surface area (Å²) in [6, 6.07) is 22.9. The third-order valence-corrected chi connectivity index (χ3v) is 4.67. The van der Waals surface area contributed by atoms with Crippen LogP contribution in [-0.4, -0.2) is 26.7 Å². The first-order valence-electron chi connectivity index (χ1n) is 9.36. The van der Waals surface area contributed by atoms with Crippen LogP contribution in [0.4, 0.5) is 0 Å². The van der Waals surface area contributed by atoms with E-state index < -0.39 is 12.1 Å². The van der Waals surface area contributed by atoms with Crippen LogP contribution in [0.5, 0.6) is 0 Å². The fraction of sp³-hybridized carbons (Fsp3) is 0.130. The monoisotopic (exact) mass is 385 g/mol. The molecule has 0 saturated carbocycles. The SMILES string of the molecule is CCn1nnc2cc(C(=O)O[C@H](C(=O)c3ccccc3)c3ccccc3)ccc21. The molecule has 6 heteroatoms. The molecular weight excluding hydrogens is 366 g/mol. The van der Waals surface area contributed by atoms with Gasteiger partial charge in [0.1, 0.15) is 5.52 Å². The Morgan fingerprint density at radius 3 is 2.31 bits per heavy atom. The molecule has 3 aromatic carbocycles. The first kappa shape index (κ1) is 18.6. The third-order valence-electron chi connectivity index (χ3n) is 4.67. The molecule has 6 nitrogen and oxygen atoms in total. The second kappa shape index (κ2) is 8.06. The van der Waals surface area contributed by atoms with Crippen molar-refractivity contribution in [3.63, 3.8) is 0 Å². The fourth-order valence-corrected chi connectivity index (χ4v) is 3.16. The van der Waals surface area contributed by atoms with Crippen molar-refractivity contribution in [2.24, 2.45) is 0 Å². The minimum atomic E-state index is -1.03. The number of hydrogen-bond donors (Lipinski definition) is 0. The van der Waals surface area contributed by atoms with Crippen LogP contribution in [0.2, 0.25) is 0 Å². The van der Waals surface area contributed by atoms with E-state index in [-0.39, 0.29) is 5.78 Å². The van der Waals surface area contributed by atoms with Crippen molar-refractivity contribution in [2.45, 2.75) is 19.6 Å². The van der Waals surface area contributed by atoms with Crippen molar-refractivity contribution < 1.29 is 14.3 Å². The molecule has 0 amide bonds. The Balaban J connectivity index is 1.65. The molecule has 0 spiro atoms. The fourth-order valence-electron chi connectivity index (χ4n) is 3.16. The van der Waals surface area contributed by atoms with Gasteiger partial charge in [-0.15, -0.1) is 5.10 Å². The number of carbonyl (C=O) groups is 2. The molecule has 0 aliphatic heterocycles. The standard InChI is InChI=1S/C23H19N3O3/c1-2-26-20-14-13-18(15-19(20)24-25-26)23(28)29-22(17-11-7-4-8-12-17)21(27)16-9-5-3-6-10-16/h3-15,22H,2H2,1H3/t22-/m0/s1. The second-order valence-electron chi connectivity index (χ2n) is 6.54. The zero-order valence-corrected chi connectivity index (χ0v) is 15.9. The molecule has 0 aliphatic carbocycles. The number of hydrogen-bond acceptors (Lipinski definition) is 5. The molecule has 4 aromatic rings. The van der Waals surface area contributed by atoms with Gasteiger partial charge in [-0.3, -0.25) is 4.79 Å². The molecule has 4 rings (SSSR count). The van der Waals surface area contributed by atoms with Crippen LogP contribution in [0.25, 0.3) is 11.0 Å². The van der Waals surface area contributed by atoms with Crippen LogP contribution in [0.15, 0.2) is 78.9 Å². The average molecular weight is 385 g/mol. The van der Waals surface area contributed by atoms with Crippen molar-refractivity contribution in [3.8, 4) is 0 Å². The molecule has 0 saturated heterocycles. The van der Waals surface area contributed by atoms with Gasteiger partial charge in [0.05, 0.1) is 11.1 Å². The van der Waals surface area contributed by atoms with E-state index in [1.807, 2.05) is 31.2 Å². The first-order valence-corrected chi connectivity index (χ1v) is 9.36. The highest BCUT2D eigenvalue weighted by molar-refractivity contribution is 6.02. The number of esters is 1. The lowest BCUT2D eigenvalue weighted by molar-refractivity contribution is 0.0280. The summed E-state index contributed by atoms with van der Waals surface area (Å²) < 4.78 is 7.42. The van der Waals surface area contributed by atoms with Crippen LogP contribution in [0.3, 0.4) is 0 Å². The van der Waals surface area contributed by atoms with Crippen LogP contribution in [0, 0.1) is 0 Å². The first-order chi connectivity index (χ1) is 14.2. The Hall–Kier alpha value is -3.80. The zero-order chi connectivity index (χ0) is 20.2. The van der Waals surface area contributed by atoms with Crippen molar-refractivity contribution in [1.29, 1.82) is 0 Å². The van der Waals surface area contributed by atoms with Crippen LogP contribution in [0.1, 0.15) is 39.3 Å². The van der Waals surface area contributed by atoms with E-state index in [1.54, 1.807) is 59.3 Å². The average Bonchev–Trinajstić information content (AvgIpc) is 3.20. The predicted octanol–water partition coefficient (Wildman–Crippen LogP) is 4.23. The van der Waals surface area contributed by atoms with E-state index in [1.165, 1.54) is 0 Å². The van der Waals surface area contributed by atoms with Gasteiger partial charge < -0.3 is 4.74 Å². The van der Waals surface area contributed by atoms with Crippen molar-refractivity contribution in [1.82, 2.24) is 15.0 Å². The molecule has 0 fully saturated rings. The lowest BCUT2D eigenvalue weighted by Crippen LogP contribution is -2.20. The van der Waals surface area contributed by atoms with Crippen LogP contribution < -0.4 is 0 Å². The van der Waals surface area contributed by atoms with Gasteiger partial charge in [0.25, 0.3) is 0 Å². The van der Waals surface area contributed by atoms with Crippen LogP contribution >= 0.6 is 0 Å². The topological polar surface area (TPSA) is 74.1 Å². The third kappa shape index (κ3) is 3.78. The number of ether oxygens (including phenoxy) is 1. The predicted molar refractivity (Wildman–Crippen MR) is 109 cm³/mol. The Labute approximate surface area is 167 Å². The maximum absolute atomic E-state index is 13.1. The molecule has 0 aliphatic rings. The highest BCUT2D eigenvalue weighted by Gasteiger charge is 2.27. The van der Waals surface area contributed by atoms with Gasteiger partial charge in [0, 0.05) is 17.7 Å². The summed E-state index contributed by atoms with van der Waals surface area (Å²) in [5.41, 5.74) is 2.86. The van der Waals surface area contributed by atoms with E-state index in [4.69, 9.17) is 4.74 Å². The highest BCUT2D eigenvalue weighted by Crippen LogP contribution is 2.25. The molecular formula is C23H19N3O3. The molecule has 0 N–H and O–H groups in total. The number of benzene rings is 3. The molecule has 0 unspecified atom stereocenters. The number of rotatable bonds is 6. The molecule has 0 bridgehead atoms. The van der Waals surface area contributed by atoms with Gasteiger partial charge in [-0.2, -0.15) is 0 Å². The van der Waals surface area contributed by atoms with E-state index in [2.05, 4.69) is 10.3 Å². The Bertz CT molecular complexity index is 1150. The van der Waals surface area contributed by atoms with Gasteiger partial charge in [-0.25, -0.2) is 9.48 Å². The maximum Gasteiger partial charge on any atom is 0.339 e. The number of aromatic nitrogens is 3. The number of aryl methyl sites for hydroxylation is 1. The molecule has 1 aromatic heterocycles. The quantitative estimate of drug-likeness (QED) is 0.367. The number of fused-ring (bicyclic) bond motifs is 1. The normalized spacial score (nSPS) is 11.9. The molecule has 29 heavy (non-hydrogen) atoms. The molecule has 144 valence electrons. The summed E-state index contributed by atoms with van der Waals surface area (Å²) in [6.07, 6.45) is -1.03. The van der Waals surface area contributed by atoms with Gasteiger partial charge in [0.2, 0.25) is 5.78 Å². The lowest BCUT2D eigenvalue weighted by atomic mass is 9.99. The smallest absolute Gasteiger partial charge is 0.339 e. The van der Waals surface area contributed by atoms with Crippen LogP contribution in [-0.2, 0) is 11.3 Å². The minimum absolute atomic E-state index is 0.275. The summed E-state index contributed by atoms with van der Waals surface area (Å²) in [4.78, 5) is 25.9. The summed E-state index contributed by atoms with van der Waals surface area (Å²) in [5, 5.41) is 8.14. The molecule has 1 atom stereocenters. The number of ketones is 1. The van der Waals surface area contributed by atoms with Gasteiger partial charge >= 0.3 is 5.97 Å². The summed E-state index contributed by atoms with van der Waals surface area (Å²) in [7, 11) is 0. The minimum Gasteiger partial charge on any atom is -0.445 e. The summed E-state index contributed by atoms with van der Waals surface area (Å²) in [6.45, 7) is 2.65. The number of nitrogens with zero attached hydrogens (tertiary/aromatic N) is 3. The Morgan fingerprint density at radius 1 is 0.931 bits per heavy atom. The van der Waals surface area contributed by atoms with Gasteiger partial charge in [-0.1, -0.05) is 65.9 Å². The summed E-state index contributed by atoms with van der Waals surface area (Å²) >= 11 is 0. The second-order valence-corrected chi connectivity index (χ2v) is 6.54. The lowest BCUT2D eigenvalue weighted by Gasteiger charge is -2.17. The molecule has 1 heterocycles. The molecule has 0 radical (unpaired) electrons. The Morgan fingerprint density at radius 2 is 1.62 bits per heavy atom. The van der Waals surface area contributed by atoms with Crippen molar-refractivity contribution >= 4 is 22.8 Å². The van der Waals surface area contributed by atoms with E-state index in [0.717, 1.165) is 5.52 Å². The maximum atomic E-state index is 13.1. The van der Waals surface area contributed by atoms with E-state index in [0.29, 0.717) is 28.8 Å².